The van der Waals surface area contributed by atoms with Gasteiger partial charge in [-0.1, -0.05) is 120 Å². The topological polar surface area (TPSA) is 16.4 Å². The molecule has 1 aliphatic heterocycles. The molecule has 10 rings (SSSR count). The number of rotatable bonds is 3. The predicted octanol–water partition coefficient (Wildman–Crippen LogP) is 13.6. The highest BCUT2D eigenvalue weighted by Crippen LogP contribution is 2.55. The summed E-state index contributed by atoms with van der Waals surface area (Å²) in [6.45, 7) is 11.8. The van der Waals surface area contributed by atoms with Crippen LogP contribution < -0.4 is 4.90 Å². The molecule has 2 nitrogen and oxygen atoms in total. The Labute approximate surface area is 300 Å². The van der Waals surface area contributed by atoms with Gasteiger partial charge in [-0.25, -0.2) is 0 Å². The second-order valence-corrected chi connectivity index (χ2v) is 15.8. The summed E-state index contributed by atoms with van der Waals surface area (Å²) in [5.74, 6) is 0.504. The van der Waals surface area contributed by atoms with E-state index in [9.17, 15) is 0 Å². The Bertz CT molecular complexity index is 2640. The summed E-state index contributed by atoms with van der Waals surface area (Å²) in [5, 5.41) is 2.33. The first-order valence-corrected chi connectivity index (χ1v) is 18.3. The fraction of sp³-hybridized carbons (Fsp3) is 0.184. The highest BCUT2D eigenvalue weighted by molar-refractivity contribution is 6.07. The quantitative estimate of drug-likeness (QED) is 0.188. The Morgan fingerprint density at radius 3 is 2.00 bits per heavy atom. The van der Waals surface area contributed by atoms with Crippen LogP contribution in [0.2, 0.25) is 0 Å². The van der Waals surface area contributed by atoms with Crippen LogP contribution >= 0.6 is 0 Å². The Morgan fingerprint density at radius 2 is 1.20 bits per heavy atom. The maximum absolute atomic E-state index is 6.36. The van der Waals surface area contributed by atoms with Crippen molar-refractivity contribution in [3.05, 3.63) is 167 Å². The van der Waals surface area contributed by atoms with Crippen molar-refractivity contribution in [3.8, 4) is 22.3 Å². The molecule has 2 aliphatic carbocycles. The summed E-state index contributed by atoms with van der Waals surface area (Å²) >= 11 is 0. The van der Waals surface area contributed by atoms with Crippen molar-refractivity contribution in [2.75, 3.05) is 4.90 Å². The SMILES string of the molecule is CC1CC=CC=C1c1ccc2oc3ccc(-c4ccc5c(c4)C(C)(C)c4ccccc4N5c4ccc5c(c4)C(C)(C)c4ccccc4-5)cc3c2c1. The summed E-state index contributed by atoms with van der Waals surface area (Å²) in [6, 6.07) is 45.4. The average Bonchev–Trinajstić information content (AvgIpc) is 3.63. The van der Waals surface area contributed by atoms with Gasteiger partial charge < -0.3 is 9.32 Å². The molecular weight excluding hydrogens is 619 g/mol. The van der Waals surface area contributed by atoms with Gasteiger partial charge in [0.05, 0.1) is 11.4 Å². The minimum Gasteiger partial charge on any atom is -0.456 e. The highest BCUT2D eigenvalue weighted by atomic mass is 16.3. The smallest absolute Gasteiger partial charge is 0.135 e. The van der Waals surface area contributed by atoms with E-state index in [1.165, 1.54) is 78.1 Å². The Morgan fingerprint density at radius 1 is 0.569 bits per heavy atom. The van der Waals surface area contributed by atoms with E-state index in [1.807, 2.05) is 0 Å². The van der Waals surface area contributed by atoms with Gasteiger partial charge >= 0.3 is 0 Å². The normalized spacial score (nSPS) is 17.9. The summed E-state index contributed by atoms with van der Waals surface area (Å²) in [4.78, 5) is 2.49. The van der Waals surface area contributed by atoms with E-state index in [4.69, 9.17) is 4.42 Å². The lowest BCUT2D eigenvalue weighted by Crippen LogP contribution is -2.30. The molecule has 0 amide bonds. The fourth-order valence-electron chi connectivity index (χ4n) is 9.26. The van der Waals surface area contributed by atoms with Gasteiger partial charge in [-0.3, -0.25) is 0 Å². The first kappa shape index (κ1) is 30.2. The molecule has 1 atom stereocenters. The van der Waals surface area contributed by atoms with Gasteiger partial charge in [0.2, 0.25) is 0 Å². The van der Waals surface area contributed by atoms with Crippen molar-refractivity contribution in [1.29, 1.82) is 0 Å². The highest BCUT2D eigenvalue weighted by Gasteiger charge is 2.39. The van der Waals surface area contributed by atoms with Gasteiger partial charge in [0.25, 0.3) is 0 Å². The van der Waals surface area contributed by atoms with E-state index in [0.29, 0.717) is 5.92 Å². The van der Waals surface area contributed by atoms with E-state index in [-0.39, 0.29) is 10.8 Å². The van der Waals surface area contributed by atoms with E-state index < -0.39 is 0 Å². The lowest BCUT2D eigenvalue weighted by atomic mass is 9.72. The molecule has 248 valence electrons. The van der Waals surface area contributed by atoms with Gasteiger partial charge in [-0.2, -0.15) is 0 Å². The summed E-state index contributed by atoms with van der Waals surface area (Å²) < 4.78 is 6.36. The van der Waals surface area contributed by atoms with Crippen LogP contribution in [0.15, 0.2) is 144 Å². The first-order chi connectivity index (χ1) is 24.7. The minimum atomic E-state index is -0.190. The number of para-hydroxylation sites is 1. The molecule has 51 heavy (non-hydrogen) atoms. The van der Waals surface area contributed by atoms with Crippen molar-refractivity contribution in [3.63, 3.8) is 0 Å². The Balaban J connectivity index is 1.11. The number of anilines is 3. The number of furan rings is 1. The molecule has 0 fully saturated rings. The van der Waals surface area contributed by atoms with Crippen LogP contribution in [0, 0.1) is 5.92 Å². The van der Waals surface area contributed by atoms with Crippen LogP contribution in [0.5, 0.6) is 0 Å². The van der Waals surface area contributed by atoms with E-state index >= 15 is 0 Å². The van der Waals surface area contributed by atoms with Gasteiger partial charge in [-0.15, -0.1) is 0 Å². The van der Waals surface area contributed by atoms with E-state index in [1.54, 1.807) is 0 Å². The Kier molecular flexibility index (Phi) is 6.35. The standard InChI is InChI=1S/C49H41NO/c1-30-12-6-7-13-35(30)33-20-25-47-39(27-33)38-26-31(19-24-46(38)51-47)32-18-23-45-43(28-32)49(4,5)41-16-10-11-17-44(41)50(45)34-21-22-37-36-14-8-9-15-40(36)48(2,3)42(37)29-34/h6-11,13-30H,12H2,1-5H3. The number of nitrogens with zero attached hydrogens (tertiary/aromatic N) is 1. The van der Waals surface area contributed by atoms with Crippen molar-refractivity contribution in [2.24, 2.45) is 5.92 Å². The first-order valence-electron chi connectivity index (χ1n) is 18.3. The molecule has 2 heterocycles. The van der Waals surface area contributed by atoms with Crippen LogP contribution in [-0.2, 0) is 10.8 Å². The maximum Gasteiger partial charge on any atom is 0.135 e. The van der Waals surface area contributed by atoms with E-state index in [0.717, 1.165) is 23.0 Å². The van der Waals surface area contributed by atoms with E-state index in [2.05, 4.69) is 179 Å². The molecule has 0 saturated carbocycles. The van der Waals surface area contributed by atoms with Crippen molar-refractivity contribution < 1.29 is 4.42 Å². The lowest BCUT2D eigenvalue weighted by Gasteiger charge is -2.42. The third kappa shape index (κ3) is 4.35. The molecule has 7 aromatic rings. The van der Waals surface area contributed by atoms with Gasteiger partial charge in [0.15, 0.2) is 0 Å². The molecule has 0 bridgehead atoms. The molecule has 0 saturated heterocycles. The molecule has 0 spiro atoms. The molecule has 2 heteroatoms. The largest absolute Gasteiger partial charge is 0.456 e. The number of hydrogen-bond donors (Lipinski definition) is 0. The summed E-state index contributed by atoms with van der Waals surface area (Å²) in [6.07, 6.45) is 7.79. The fourth-order valence-corrected chi connectivity index (χ4v) is 9.26. The second-order valence-electron chi connectivity index (χ2n) is 15.8. The van der Waals surface area contributed by atoms with Crippen molar-refractivity contribution in [1.82, 2.24) is 0 Å². The zero-order chi connectivity index (χ0) is 34.6. The molecular formula is C49H41NO. The van der Waals surface area contributed by atoms with Crippen molar-refractivity contribution in [2.45, 2.75) is 51.9 Å². The third-order valence-electron chi connectivity index (χ3n) is 12.1. The summed E-state index contributed by atoms with van der Waals surface area (Å²) in [7, 11) is 0. The maximum atomic E-state index is 6.36. The zero-order valence-corrected chi connectivity index (χ0v) is 29.9. The number of benzene rings is 6. The average molecular weight is 660 g/mol. The van der Waals surface area contributed by atoms with Crippen LogP contribution in [0.1, 0.15) is 68.9 Å². The predicted molar refractivity (Wildman–Crippen MR) is 214 cm³/mol. The number of allylic oxidation sites excluding steroid dienone is 4. The van der Waals surface area contributed by atoms with Gasteiger partial charge in [0, 0.05) is 27.3 Å². The van der Waals surface area contributed by atoms with Crippen LogP contribution in [-0.4, -0.2) is 0 Å². The van der Waals surface area contributed by atoms with Crippen molar-refractivity contribution >= 4 is 44.6 Å². The second kappa shape index (κ2) is 10.7. The van der Waals surface area contributed by atoms with Crippen LogP contribution in [0.3, 0.4) is 0 Å². The molecule has 0 N–H and O–H groups in total. The molecule has 1 unspecified atom stereocenters. The molecule has 0 radical (unpaired) electrons. The molecule has 3 aliphatic rings. The van der Waals surface area contributed by atoms with Crippen LogP contribution in [0.4, 0.5) is 17.1 Å². The van der Waals surface area contributed by atoms with Gasteiger partial charge in [0.1, 0.15) is 11.2 Å². The minimum absolute atomic E-state index is 0.0670. The summed E-state index contributed by atoms with van der Waals surface area (Å²) in [5.41, 5.74) is 18.5. The third-order valence-corrected chi connectivity index (χ3v) is 12.1. The molecule has 1 aromatic heterocycles. The monoisotopic (exact) mass is 659 g/mol. The number of fused-ring (bicyclic) bond motifs is 8. The van der Waals surface area contributed by atoms with Gasteiger partial charge in [-0.05, 0) is 123 Å². The Hall–Kier alpha value is -5.60. The zero-order valence-electron chi connectivity index (χ0n) is 29.9. The lowest BCUT2D eigenvalue weighted by molar-refractivity contribution is 0.631. The molecule has 6 aromatic carbocycles. The van der Waals surface area contributed by atoms with Crippen LogP contribution in [0.25, 0.3) is 49.8 Å². The number of hydrogen-bond acceptors (Lipinski definition) is 2.